The highest BCUT2D eigenvalue weighted by Gasteiger charge is 2.34. The van der Waals surface area contributed by atoms with Gasteiger partial charge in [0, 0.05) is 6.04 Å². The minimum Gasteiger partial charge on any atom is -0.460 e. The summed E-state index contributed by atoms with van der Waals surface area (Å²) in [6, 6.07) is 0.501. The van der Waals surface area contributed by atoms with Crippen molar-refractivity contribution >= 4 is 5.97 Å². The summed E-state index contributed by atoms with van der Waals surface area (Å²) in [5.74, 6) is 0.652. The van der Waals surface area contributed by atoms with Crippen molar-refractivity contribution in [3.8, 4) is 0 Å². The molecule has 2 atom stereocenters. The zero-order valence-electron chi connectivity index (χ0n) is 12.1. The highest BCUT2D eigenvalue weighted by molar-refractivity contribution is 5.73. The Labute approximate surface area is 106 Å². The number of rotatable bonds is 2. The number of piperidine rings is 1. The van der Waals surface area contributed by atoms with E-state index in [1.54, 1.807) is 0 Å². The third-order valence-electron chi connectivity index (χ3n) is 3.43. The summed E-state index contributed by atoms with van der Waals surface area (Å²) in [6.07, 6.45) is 1.86. The Kier molecular flexibility index (Phi) is 4.59. The van der Waals surface area contributed by atoms with Crippen LogP contribution in [0.2, 0.25) is 0 Å². The standard InChI is InChI=1S/C14H27NO2/c1-10(2)12-9-11(7-8-15(12)6)13(16)17-14(3,4)5/h10-12H,7-9H2,1-6H3. The van der Waals surface area contributed by atoms with Crippen molar-refractivity contribution in [1.82, 2.24) is 4.90 Å². The lowest BCUT2D eigenvalue weighted by atomic mass is 9.85. The Morgan fingerprint density at radius 2 is 1.94 bits per heavy atom. The highest BCUT2D eigenvalue weighted by atomic mass is 16.6. The predicted octanol–water partition coefficient (Wildman–Crippen LogP) is 2.69. The molecule has 17 heavy (non-hydrogen) atoms. The van der Waals surface area contributed by atoms with Crippen LogP contribution in [0.3, 0.4) is 0 Å². The molecule has 1 saturated heterocycles. The summed E-state index contributed by atoms with van der Waals surface area (Å²) in [5, 5.41) is 0. The van der Waals surface area contributed by atoms with E-state index in [0.29, 0.717) is 12.0 Å². The normalized spacial score (nSPS) is 27.2. The summed E-state index contributed by atoms with van der Waals surface area (Å²) in [7, 11) is 2.15. The quantitative estimate of drug-likeness (QED) is 0.696. The fraction of sp³-hybridized carbons (Fsp3) is 0.929. The zero-order chi connectivity index (χ0) is 13.2. The summed E-state index contributed by atoms with van der Waals surface area (Å²) in [4.78, 5) is 14.4. The molecular formula is C14H27NO2. The van der Waals surface area contributed by atoms with E-state index in [9.17, 15) is 4.79 Å². The number of esters is 1. The number of likely N-dealkylation sites (tertiary alicyclic amines) is 1. The van der Waals surface area contributed by atoms with Gasteiger partial charge in [-0.05, 0) is 53.1 Å². The van der Waals surface area contributed by atoms with Gasteiger partial charge in [0.25, 0.3) is 0 Å². The SMILES string of the molecule is CC(C)C1CC(C(=O)OC(C)(C)C)CCN1C. The lowest BCUT2D eigenvalue weighted by Crippen LogP contribution is -2.45. The van der Waals surface area contributed by atoms with Gasteiger partial charge < -0.3 is 9.64 Å². The Balaban J connectivity index is 2.59. The van der Waals surface area contributed by atoms with Crippen LogP contribution in [0, 0.1) is 11.8 Å². The topological polar surface area (TPSA) is 29.5 Å². The fourth-order valence-electron chi connectivity index (χ4n) is 2.49. The summed E-state index contributed by atoms with van der Waals surface area (Å²) in [6.45, 7) is 11.2. The number of carbonyl (C=O) groups is 1. The van der Waals surface area contributed by atoms with Crippen molar-refractivity contribution in [3.05, 3.63) is 0 Å². The molecule has 0 spiro atoms. The molecule has 1 rings (SSSR count). The second kappa shape index (κ2) is 5.38. The van der Waals surface area contributed by atoms with Gasteiger partial charge in [-0.25, -0.2) is 0 Å². The van der Waals surface area contributed by atoms with Crippen LogP contribution >= 0.6 is 0 Å². The molecule has 3 heteroatoms. The first-order valence-corrected chi connectivity index (χ1v) is 6.64. The van der Waals surface area contributed by atoms with Crippen molar-refractivity contribution in [2.24, 2.45) is 11.8 Å². The Morgan fingerprint density at radius 1 is 1.35 bits per heavy atom. The van der Waals surface area contributed by atoms with Gasteiger partial charge in [-0.3, -0.25) is 4.79 Å². The Bertz CT molecular complexity index is 268. The van der Waals surface area contributed by atoms with Crippen LogP contribution in [0.5, 0.6) is 0 Å². The van der Waals surface area contributed by atoms with Crippen LogP contribution in [0.25, 0.3) is 0 Å². The summed E-state index contributed by atoms with van der Waals surface area (Å²) in [5.41, 5.74) is -0.367. The van der Waals surface area contributed by atoms with Gasteiger partial charge >= 0.3 is 5.97 Å². The van der Waals surface area contributed by atoms with E-state index >= 15 is 0 Å². The molecular weight excluding hydrogens is 214 g/mol. The summed E-state index contributed by atoms with van der Waals surface area (Å²) < 4.78 is 5.48. The molecule has 3 nitrogen and oxygen atoms in total. The van der Waals surface area contributed by atoms with E-state index in [2.05, 4.69) is 25.8 Å². The molecule has 0 aliphatic carbocycles. The molecule has 1 aliphatic heterocycles. The van der Waals surface area contributed by atoms with Gasteiger partial charge in [0.2, 0.25) is 0 Å². The largest absolute Gasteiger partial charge is 0.460 e. The van der Waals surface area contributed by atoms with E-state index < -0.39 is 0 Å². The number of carbonyl (C=O) groups excluding carboxylic acids is 1. The maximum absolute atomic E-state index is 12.0. The van der Waals surface area contributed by atoms with E-state index in [0.717, 1.165) is 19.4 Å². The van der Waals surface area contributed by atoms with Crippen molar-refractivity contribution in [1.29, 1.82) is 0 Å². The van der Waals surface area contributed by atoms with Gasteiger partial charge in [-0.2, -0.15) is 0 Å². The van der Waals surface area contributed by atoms with E-state index in [1.807, 2.05) is 20.8 Å². The van der Waals surface area contributed by atoms with Gasteiger partial charge in [-0.1, -0.05) is 13.8 Å². The molecule has 0 aromatic carbocycles. The molecule has 0 aromatic heterocycles. The lowest BCUT2D eigenvalue weighted by Gasteiger charge is -2.39. The molecule has 0 N–H and O–H groups in total. The Morgan fingerprint density at radius 3 is 2.41 bits per heavy atom. The van der Waals surface area contributed by atoms with Gasteiger partial charge in [-0.15, -0.1) is 0 Å². The molecule has 0 saturated carbocycles. The van der Waals surface area contributed by atoms with Crippen LogP contribution in [0.15, 0.2) is 0 Å². The third kappa shape index (κ3) is 4.30. The number of hydrogen-bond acceptors (Lipinski definition) is 3. The molecule has 1 heterocycles. The molecule has 100 valence electrons. The van der Waals surface area contributed by atoms with Crippen molar-refractivity contribution < 1.29 is 9.53 Å². The fourth-order valence-corrected chi connectivity index (χ4v) is 2.49. The number of ether oxygens (including phenoxy) is 1. The van der Waals surface area contributed by atoms with E-state index in [4.69, 9.17) is 4.74 Å². The summed E-state index contributed by atoms with van der Waals surface area (Å²) >= 11 is 0. The second-order valence-corrected chi connectivity index (χ2v) is 6.55. The van der Waals surface area contributed by atoms with E-state index in [-0.39, 0.29) is 17.5 Å². The number of hydrogen-bond donors (Lipinski definition) is 0. The first-order valence-electron chi connectivity index (χ1n) is 6.64. The molecule has 2 unspecified atom stereocenters. The molecule has 0 bridgehead atoms. The van der Waals surface area contributed by atoms with Crippen LogP contribution in [0.4, 0.5) is 0 Å². The molecule has 1 aliphatic rings. The lowest BCUT2D eigenvalue weighted by molar-refractivity contribution is -0.162. The van der Waals surface area contributed by atoms with E-state index in [1.165, 1.54) is 0 Å². The molecule has 0 aromatic rings. The first kappa shape index (κ1) is 14.5. The Hall–Kier alpha value is -0.570. The van der Waals surface area contributed by atoms with Crippen LogP contribution < -0.4 is 0 Å². The van der Waals surface area contributed by atoms with Gasteiger partial charge in [0.1, 0.15) is 5.60 Å². The maximum Gasteiger partial charge on any atom is 0.309 e. The van der Waals surface area contributed by atoms with Gasteiger partial charge in [0.15, 0.2) is 0 Å². The maximum atomic E-state index is 12.0. The van der Waals surface area contributed by atoms with Crippen molar-refractivity contribution in [3.63, 3.8) is 0 Å². The zero-order valence-corrected chi connectivity index (χ0v) is 12.1. The van der Waals surface area contributed by atoms with Crippen LogP contribution in [-0.2, 0) is 9.53 Å². The first-order chi connectivity index (χ1) is 7.70. The second-order valence-electron chi connectivity index (χ2n) is 6.55. The highest BCUT2D eigenvalue weighted by Crippen LogP contribution is 2.28. The smallest absolute Gasteiger partial charge is 0.309 e. The van der Waals surface area contributed by atoms with Crippen molar-refractivity contribution in [2.75, 3.05) is 13.6 Å². The predicted molar refractivity (Wildman–Crippen MR) is 69.8 cm³/mol. The van der Waals surface area contributed by atoms with Crippen molar-refractivity contribution in [2.45, 2.75) is 59.1 Å². The number of nitrogens with zero attached hydrogens (tertiary/aromatic N) is 1. The molecule has 0 radical (unpaired) electrons. The monoisotopic (exact) mass is 241 g/mol. The minimum absolute atomic E-state index is 0.0174. The average Bonchev–Trinajstić information content (AvgIpc) is 2.14. The molecule has 0 amide bonds. The third-order valence-corrected chi connectivity index (χ3v) is 3.43. The van der Waals surface area contributed by atoms with Crippen LogP contribution in [0.1, 0.15) is 47.5 Å². The molecule has 1 fully saturated rings. The van der Waals surface area contributed by atoms with Gasteiger partial charge in [0.05, 0.1) is 5.92 Å². The average molecular weight is 241 g/mol. The minimum atomic E-state index is -0.367. The van der Waals surface area contributed by atoms with Crippen LogP contribution in [-0.4, -0.2) is 36.1 Å².